The number of carbonyl (C=O) groups excluding carboxylic acids is 3. The van der Waals surface area contributed by atoms with E-state index in [1.165, 1.54) is 12.1 Å². The molecular formula is C24H26F2N4O5. The number of likely N-dealkylation sites (N-methyl/N-ethyl adjacent to an activating group) is 1. The van der Waals surface area contributed by atoms with Gasteiger partial charge in [0.1, 0.15) is 18.5 Å². The van der Waals surface area contributed by atoms with Gasteiger partial charge in [0.15, 0.2) is 11.6 Å². The Labute approximate surface area is 200 Å². The van der Waals surface area contributed by atoms with Crippen molar-refractivity contribution < 1.29 is 32.6 Å². The summed E-state index contributed by atoms with van der Waals surface area (Å²) in [6.45, 7) is 0.197. The van der Waals surface area contributed by atoms with Crippen LogP contribution in [0.2, 0.25) is 0 Å². The summed E-state index contributed by atoms with van der Waals surface area (Å²) < 4.78 is 38.4. The lowest BCUT2D eigenvalue weighted by Crippen LogP contribution is -2.53. The number of amides is 4. The van der Waals surface area contributed by atoms with Crippen LogP contribution in [0.1, 0.15) is 29.6 Å². The third-order valence-corrected chi connectivity index (χ3v) is 6.14. The van der Waals surface area contributed by atoms with E-state index in [2.05, 4.69) is 16.0 Å². The zero-order chi connectivity index (χ0) is 25.1. The number of hydrogen-bond donors (Lipinski definition) is 3. The molecule has 0 aromatic heterocycles. The highest BCUT2D eigenvalue weighted by Gasteiger charge is 2.39. The van der Waals surface area contributed by atoms with Crippen molar-refractivity contribution in [1.29, 1.82) is 0 Å². The fourth-order valence-electron chi connectivity index (χ4n) is 4.28. The normalized spacial score (nSPS) is 21.5. The lowest BCUT2D eigenvalue weighted by atomic mass is 9.94. The lowest BCUT2D eigenvalue weighted by molar-refractivity contribution is -0.133. The zero-order valence-electron chi connectivity index (χ0n) is 19.3. The molecule has 35 heavy (non-hydrogen) atoms. The number of ether oxygens (including phenoxy) is 2. The standard InChI is InChI=1S/C24H26F2N4O5/c1-27-22(31)11-15-5-7-19-21(35-15)12-34-20-8-4-13(9-16(20)23(32)30(19)2)28-24(33)29-14-3-6-17(25)18(26)10-14/h3-4,6,8-10,15,19,21H,5,7,11-12H2,1-2H3,(H,27,31)(H2,28,29,33)/t15-,19-,21+/m1/s1. The summed E-state index contributed by atoms with van der Waals surface area (Å²) in [6, 6.07) is 6.71. The Balaban J connectivity index is 1.46. The predicted molar refractivity (Wildman–Crippen MR) is 123 cm³/mol. The van der Waals surface area contributed by atoms with Crippen LogP contribution in [0.25, 0.3) is 0 Å². The van der Waals surface area contributed by atoms with E-state index in [-0.39, 0.29) is 54.3 Å². The molecule has 2 aromatic carbocycles. The van der Waals surface area contributed by atoms with Gasteiger partial charge in [-0.25, -0.2) is 13.6 Å². The second-order valence-corrected chi connectivity index (χ2v) is 8.46. The van der Waals surface area contributed by atoms with Gasteiger partial charge >= 0.3 is 6.03 Å². The van der Waals surface area contributed by atoms with Crippen LogP contribution in [0.3, 0.4) is 0 Å². The quantitative estimate of drug-likeness (QED) is 0.613. The van der Waals surface area contributed by atoms with Gasteiger partial charge in [-0.3, -0.25) is 9.59 Å². The molecular weight excluding hydrogens is 462 g/mol. The Morgan fingerprint density at radius 3 is 2.49 bits per heavy atom. The Morgan fingerprint density at radius 2 is 1.77 bits per heavy atom. The first-order valence-electron chi connectivity index (χ1n) is 11.2. The highest BCUT2D eigenvalue weighted by atomic mass is 19.2. The second kappa shape index (κ2) is 10.3. The molecule has 2 heterocycles. The Kier molecular flexibility index (Phi) is 7.15. The number of urea groups is 1. The predicted octanol–water partition coefficient (Wildman–Crippen LogP) is 3.13. The number of carbonyl (C=O) groups is 3. The fourth-order valence-corrected chi connectivity index (χ4v) is 4.28. The third-order valence-electron chi connectivity index (χ3n) is 6.14. The highest BCUT2D eigenvalue weighted by Crippen LogP contribution is 2.32. The number of benzene rings is 2. The molecule has 186 valence electrons. The molecule has 0 saturated carbocycles. The van der Waals surface area contributed by atoms with Crippen molar-refractivity contribution in [3.05, 3.63) is 53.6 Å². The smallest absolute Gasteiger partial charge is 0.323 e. The van der Waals surface area contributed by atoms with Crippen LogP contribution < -0.4 is 20.7 Å². The summed E-state index contributed by atoms with van der Waals surface area (Å²) in [6.07, 6.45) is 0.893. The summed E-state index contributed by atoms with van der Waals surface area (Å²) in [5, 5.41) is 7.58. The maximum Gasteiger partial charge on any atom is 0.323 e. The minimum Gasteiger partial charge on any atom is -0.490 e. The molecule has 0 unspecified atom stereocenters. The van der Waals surface area contributed by atoms with Crippen LogP contribution in [-0.2, 0) is 9.53 Å². The van der Waals surface area contributed by atoms with Crippen molar-refractivity contribution in [2.45, 2.75) is 37.5 Å². The summed E-state index contributed by atoms with van der Waals surface area (Å²) in [7, 11) is 3.26. The van der Waals surface area contributed by atoms with Gasteiger partial charge in [-0.05, 0) is 43.2 Å². The molecule has 1 fully saturated rings. The van der Waals surface area contributed by atoms with Crippen LogP contribution in [0, 0.1) is 11.6 Å². The molecule has 2 aromatic rings. The minimum atomic E-state index is -1.08. The van der Waals surface area contributed by atoms with Gasteiger partial charge in [0, 0.05) is 31.5 Å². The number of fused-ring (bicyclic) bond motifs is 2. The minimum absolute atomic E-state index is 0.0739. The van der Waals surface area contributed by atoms with E-state index in [1.807, 2.05) is 0 Å². The Morgan fingerprint density at radius 1 is 1.06 bits per heavy atom. The second-order valence-electron chi connectivity index (χ2n) is 8.46. The van der Waals surface area contributed by atoms with Gasteiger partial charge in [0.25, 0.3) is 5.91 Å². The molecule has 0 aliphatic carbocycles. The zero-order valence-corrected chi connectivity index (χ0v) is 19.3. The van der Waals surface area contributed by atoms with Crippen molar-refractivity contribution in [1.82, 2.24) is 10.2 Å². The van der Waals surface area contributed by atoms with Gasteiger partial charge in [0.2, 0.25) is 5.91 Å². The van der Waals surface area contributed by atoms with Crippen molar-refractivity contribution in [3.8, 4) is 5.75 Å². The van der Waals surface area contributed by atoms with Crippen LogP contribution in [0.5, 0.6) is 5.75 Å². The average Bonchev–Trinajstić information content (AvgIpc) is 2.84. The number of anilines is 2. The van der Waals surface area contributed by atoms with Crippen molar-refractivity contribution in [3.63, 3.8) is 0 Å². The van der Waals surface area contributed by atoms with E-state index >= 15 is 0 Å². The molecule has 4 amide bonds. The molecule has 0 radical (unpaired) electrons. The van der Waals surface area contributed by atoms with Gasteiger partial charge in [-0.2, -0.15) is 0 Å². The lowest BCUT2D eigenvalue weighted by Gasteiger charge is -2.42. The number of nitrogens with one attached hydrogen (secondary N) is 3. The van der Waals surface area contributed by atoms with Gasteiger partial charge < -0.3 is 30.3 Å². The van der Waals surface area contributed by atoms with Crippen LogP contribution in [0.15, 0.2) is 36.4 Å². The van der Waals surface area contributed by atoms with Gasteiger partial charge in [-0.15, -0.1) is 0 Å². The van der Waals surface area contributed by atoms with E-state index < -0.39 is 17.7 Å². The summed E-state index contributed by atoms with van der Waals surface area (Å²) in [5.74, 6) is -2.17. The number of nitrogens with zero attached hydrogens (tertiary/aromatic N) is 1. The fraction of sp³-hybridized carbons (Fsp3) is 0.375. The number of halogens is 2. The first kappa shape index (κ1) is 24.4. The first-order chi connectivity index (χ1) is 16.7. The highest BCUT2D eigenvalue weighted by molar-refractivity contribution is 6.02. The van der Waals surface area contributed by atoms with Crippen LogP contribution in [0.4, 0.5) is 25.0 Å². The van der Waals surface area contributed by atoms with E-state index in [0.29, 0.717) is 24.3 Å². The third kappa shape index (κ3) is 5.51. The van der Waals surface area contributed by atoms with Crippen LogP contribution in [-0.4, -0.2) is 61.7 Å². The SMILES string of the molecule is CNC(=O)C[C@H]1CC[C@@H]2[C@H](COc3ccc(NC(=O)Nc4ccc(F)c(F)c4)cc3C(=O)N2C)O1. The van der Waals surface area contributed by atoms with E-state index in [0.717, 1.165) is 12.1 Å². The summed E-state index contributed by atoms with van der Waals surface area (Å²) >= 11 is 0. The molecule has 4 rings (SSSR count). The Hall–Kier alpha value is -3.73. The molecule has 9 nitrogen and oxygen atoms in total. The molecule has 3 N–H and O–H groups in total. The average molecular weight is 488 g/mol. The van der Waals surface area contributed by atoms with Crippen molar-refractivity contribution >= 4 is 29.2 Å². The largest absolute Gasteiger partial charge is 0.490 e. The molecule has 2 aliphatic rings. The molecule has 0 bridgehead atoms. The molecule has 1 saturated heterocycles. The molecule has 3 atom stereocenters. The molecule has 0 spiro atoms. The maximum absolute atomic E-state index is 13.4. The first-order valence-corrected chi connectivity index (χ1v) is 11.2. The van der Waals surface area contributed by atoms with E-state index in [4.69, 9.17) is 9.47 Å². The molecule has 11 heteroatoms. The maximum atomic E-state index is 13.4. The monoisotopic (exact) mass is 488 g/mol. The number of hydrogen-bond acceptors (Lipinski definition) is 5. The van der Waals surface area contributed by atoms with E-state index in [1.54, 1.807) is 31.1 Å². The van der Waals surface area contributed by atoms with Gasteiger partial charge in [-0.1, -0.05) is 0 Å². The topological polar surface area (TPSA) is 109 Å². The van der Waals surface area contributed by atoms with Gasteiger partial charge in [0.05, 0.1) is 24.1 Å². The van der Waals surface area contributed by atoms with Crippen molar-refractivity contribution in [2.75, 3.05) is 31.3 Å². The van der Waals surface area contributed by atoms with Crippen molar-refractivity contribution in [2.24, 2.45) is 0 Å². The molecule has 2 aliphatic heterocycles. The van der Waals surface area contributed by atoms with Crippen LogP contribution >= 0.6 is 0 Å². The van der Waals surface area contributed by atoms with E-state index in [9.17, 15) is 23.2 Å². The summed E-state index contributed by atoms with van der Waals surface area (Å²) in [5.41, 5.74) is 0.658. The Bertz CT molecular complexity index is 1140. The summed E-state index contributed by atoms with van der Waals surface area (Å²) in [4.78, 5) is 38.9. The number of rotatable bonds is 4.